The Morgan fingerprint density at radius 1 is 1.10 bits per heavy atom. The van der Waals surface area contributed by atoms with E-state index in [1.807, 2.05) is 0 Å². The van der Waals surface area contributed by atoms with E-state index < -0.39 is 47.7 Å². The number of Topliss-reactive ketones (excluding diaryl/α,β-unsaturated/α-hetero) is 1. The molecule has 0 radical (unpaired) electrons. The van der Waals surface area contributed by atoms with Gasteiger partial charge in [-0.1, -0.05) is 12.1 Å². The highest BCUT2D eigenvalue weighted by Crippen LogP contribution is 2.39. The van der Waals surface area contributed by atoms with Gasteiger partial charge in [-0.2, -0.15) is 0 Å². The number of hydrogen-bond acceptors (Lipinski definition) is 3. The maximum Gasteiger partial charge on any atom is 0.323 e. The molecule has 2 atom stereocenters. The van der Waals surface area contributed by atoms with E-state index in [9.17, 15) is 27.6 Å². The summed E-state index contributed by atoms with van der Waals surface area (Å²) < 4.78 is 42.2. The largest absolute Gasteiger partial charge is 0.480 e. The Balaban J connectivity index is 1.87. The standard InChI is InChI=1S/C22H20F3NO4/c1-12-6-18(24)21(19(25)7-12)17-10-26(11-20(28)29)22(30)16(17)9-15(27)8-13-2-4-14(23)5-3-13/h2-7,16-17H,8-11H2,1H3,(H,28,29)/t16-,17+/m0/s1. The maximum absolute atomic E-state index is 14.6. The first kappa shape index (κ1) is 21.5. The van der Waals surface area contributed by atoms with E-state index >= 15 is 0 Å². The number of carbonyl (C=O) groups excluding carboxylic acids is 2. The molecule has 5 nitrogen and oxygen atoms in total. The zero-order valence-electron chi connectivity index (χ0n) is 16.2. The molecule has 0 spiro atoms. The molecule has 0 bridgehead atoms. The second-order valence-electron chi connectivity index (χ2n) is 7.51. The normalized spacial score (nSPS) is 18.7. The summed E-state index contributed by atoms with van der Waals surface area (Å²) in [6.07, 6.45) is -0.377. The third-order valence-electron chi connectivity index (χ3n) is 5.21. The number of carboxylic acid groups (broad SMARTS) is 1. The lowest BCUT2D eigenvalue weighted by Crippen LogP contribution is -2.33. The highest BCUT2D eigenvalue weighted by atomic mass is 19.1. The molecule has 2 aromatic rings. The number of benzene rings is 2. The first-order valence-electron chi connectivity index (χ1n) is 9.38. The van der Waals surface area contributed by atoms with E-state index in [0.717, 1.165) is 17.0 Å². The molecule has 1 heterocycles. The van der Waals surface area contributed by atoms with E-state index in [2.05, 4.69) is 0 Å². The fraction of sp³-hybridized carbons (Fsp3) is 0.318. The summed E-state index contributed by atoms with van der Waals surface area (Å²) in [6.45, 7) is 0.708. The second-order valence-corrected chi connectivity index (χ2v) is 7.51. The number of hydrogen-bond donors (Lipinski definition) is 1. The van der Waals surface area contributed by atoms with Crippen LogP contribution >= 0.6 is 0 Å². The van der Waals surface area contributed by atoms with Crippen LogP contribution in [0.25, 0.3) is 0 Å². The molecule has 0 aromatic heterocycles. The smallest absolute Gasteiger partial charge is 0.323 e. The predicted molar refractivity (Wildman–Crippen MR) is 101 cm³/mol. The molecule has 0 saturated carbocycles. The van der Waals surface area contributed by atoms with Crippen molar-refractivity contribution >= 4 is 17.7 Å². The van der Waals surface area contributed by atoms with Gasteiger partial charge in [-0.15, -0.1) is 0 Å². The molecule has 1 amide bonds. The molecular weight excluding hydrogens is 399 g/mol. The Bertz CT molecular complexity index is 967. The van der Waals surface area contributed by atoms with Crippen molar-refractivity contribution in [1.29, 1.82) is 0 Å². The number of carbonyl (C=O) groups is 3. The van der Waals surface area contributed by atoms with Crippen molar-refractivity contribution in [3.63, 3.8) is 0 Å². The third-order valence-corrected chi connectivity index (χ3v) is 5.21. The molecule has 1 saturated heterocycles. The minimum atomic E-state index is -1.26. The van der Waals surface area contributed by atoms with Gasteiger partial charge in [0.05, 0.1) is 5.92 Å². The van der Waals surface area contributed by atoms with Crippen LogP contribution in [0.1, 0.15) is 29.0 Å². The zero-order valence-corrected chi connectivity index (χ0v) is 16.2. The van der Waals surface area contributed by atoms with Crippen LogP contribution in [0.2, 0.25) is 0 Å². The predicted octanol–water partition coefficient (Wildman–Crippen LogP) is 3.24. The topological polar surface area (TPSA) is 74.7 Å². The summed E-state index contributed by atoms with van der Waals surface area (Å²) in [6, 6.07) is 7.57. The van der Waals surface area contributed by atoms with E-state index in [0.29, 0.717) is 11.1 Å². The molecule has 30 heavy (non-hydrogen) atoms. The zero-order chi connectivity index (χ0) is 22.0. The molecule has 1 N–H and O–H groups in total. The van der Waals surface area contributed by atoms with Crippen molar-refractivity contribution in [3.8, 4) is 0 Å². The number of rotatable bonds is 7. The maximum atomic E-state index is 14.6. The molecule has 1 fully saturated rings. The van der Waals surface area contributed by atoms with Crippen LogP contribution in [0.3, 0.4) is 0 Å². The Kier molecular flexibility index (Phi) is 6.24. The van der Waals surface area contributed by atoms with Gasteiger partial charge in [0.15, 0.2) is 0 Å². The molecule has 0 aliphatic carbocycles. The number of amides is 1. The van der Waals surface area contributed by atoms with Gasteiger partial charge in [0.2, 0.25) is 5.91 Å². The average Bonchev–Trinajstić information content (AvgIpc) is 2.91. The summed E-state index contributed by atoms with van der Waals surface area (Å²) in [5.41, 5.74) is 0.587. The van der Waals surface area contributed by atoms with E-state index in [-0.39, 0.29) is 30.7 Å². The Morgan fingerprint density at radius 2 is 1.70 bits per heavy atom. The average molecular weight is 419 g/mol. The number of halogens is 3. The first-order valence-corrected chi connectivity index (χ1v) is 9.38. The Morgan fingerprint density at radius 3 is 2.27 bits per heavy atom. The van der Waals surface area contributed by atoms with Crippen LogP contribution in [0.15, 0.2) is 36.4 Å². The highest BCUT2D eigenvalue weighted by Gasteiger charge is 2.44. The van der Waals surface area contributed by atoms with Gasteiger partial charge in [0, 0.05) is 30.9 Å². The van der Waals surface area contributed by atoms with Crippen LogP contribution in [-0.2, 0) is 20.8 Å². The lowest BCUT2D eigenvalue weighted by atomic mass is 9.83. The van der Waals surface area contributed by atoms with Crippen LogP contribution in [0.4, 0.5) is 13.2 Å². The molecular formula is C22H20F3NO4. The van der Waals surface area contributed by atoms with Gasteiger partial charge in [0.25, 0.3) is 0 Å². The molecule has 158 valence electrons. The van der Waals surface area contributed by atoms with Crippen LogP contribution < -0.4 is 0 Å². The Hall–Kier alpha value is -3.16. The summed E-state index contributed by atoms with van der Waals surface area (Å²) in [4.78, 5) is 37.4. The van der Waals surface area contributed by atoms with E-state index in [4.69, 9.17) is 5.11 Å². The fourth-order valence-electron chi connectivity index (χ4n) is 3.90. The van der Waals surface area contributed by atoms with Crippen LogP contribution in [0.5, 0.6) is 0 Å². The van der Waals surface area contributed by atoms with Gasteiger partial charge in [-0.05, 0) is 42.3 Å². The number of ketones is 1. The summed E-state index contributed by atoms with van der Waals surface area (Å²) in [5, 5.41) is 9.04. The number of carboxylic acids is 1. The van der Waals surface area contributed by atoms with Gasteiger partial charge < -0.3 is 10.0 Å². The quantitative estimate of drug-likeness (QED) is 0.748. The molecule has 1 aliphatic rings. The van der Waals surface area contributed by atoms with Crippen LogP contribution in [-0.4, -0.2) is 40.8 Å². The minimum Gasteiger partial charge on any atom is -0.480 e. The Labute approximate surface area is 171 Å². The summed E-state index contributed by atoms with van der Waals surface area (Å²) in [5.74, 6) is -6.45. The lowest BCUT2D eigenvalue weighted by molar-refractivity contribution is -0.143. The third kappa shape index (κ3) is 4.69. The van der Waals surface area contributed by atoms with Crippen molar-refractivity contribution in [2.45, 2.75) is 25.7 Å². The molecule has 8 heteroatoms. The van der Waals surface area contributed by atoms with Crippen molar-refractivity contribution in [3.05, 3.63) is 70.5 Å². The van der Waals surface area contributed by atoms with E-state index in [1.54, 1.807) is 0 Å². The fourth-order valence-corrected chi connectivity index (χ4v) is 3.90. The monoisotopic (exact) mass is 419 g/mol. The lowest BCUT2D eigenvalue weighted by Gasteiger charge is -2.18. The molecule has 2 aromatic carbocycles. The highest BCUT2D eigenvalue weighted by molar-refractivity contribution is 5.91. The number of aliphatic carboxylic acids is 1. The van der Waals surface area contributed by atoms with E-state index in [1.165, 1.54) is 31.2 Å². The number of nitrogens with zero attached hydrogens (tertiary/aromatic N) is 1. The second kappa shape index (κ2) is 8.69. The molecule has 1 aliphatic heterocycles. The number of aryl methyl sites for hydroxylation is 1. The van der Waals surface area contributed by atoms with Crippen molar-refractivity contribution in [2.24, 2.45) is 5.92 Å². The van der Waals surface area contributed by atoms with Gasteiger partial charge in [0.1, 0.15) is 29.8 Å². The van der Waals surface area contributed by atoms with Gasteiger partial charge in [-0.25, -0.2) is 13.2 Å². The summed E-state index contributed by atoms with van der Waals surface area (Å²) in [7, 11) is 0. The first-order chi connectivity index (χ1) is 14.2. The summed E-state index contributed by atoms with van der Waals surface area (Å²) >= 11 is 0. The molecule has 3 rings (SSSR count). The van der Waals surface area contributed by atoms with Crippen molar-refractivity contribution in [1.82, 2.24) is 4.90 Å². The van der Waals surface area contributed by atoms with Gasteiger partial charge in [-0.3, -0.25) is 14.4 Å². The van der Waals surface area contributed by atoms with Crippen LogP contribution in [0, 0.1) is 30.3 Å². The SMILES string of the molecule is Cc1cc(F)c([C@@H]2CN(CC(=O)O)C(=O)[C@H]2CC(=O)Cc2ccc(F)cc2)c(F)c1. The van der Waals surface area contributed by atoms with Crippen molar-refractivity contribution < 1.29 is 32.7 Å². The number of likely N-dealkylation sites (tertiary alicyclic amines) is 1. The molecule has 0 unspecified atom stereocenters. The van der Waals surface area contributed by atoms with Gasteiger partial charge >= 0.3 is 5.97 Å². The van der Waals surface area contributed by atoms with Crippen molar-refractivity contribution in [2.75, 3.05) is 13.1 Å². The minimum absolute atomic E-state index is 0.0748.